The van der Waals surface area contributed by atoms with Gasteiger partial charge in [-0.3, -0.25) is 19.1 Å². The molecular formula is C23H31N5O3. The van der Waals surface area contributed by atoms with Gasteiger partial charge >= 0.3 is 0 Å². The lowest BCUT2D eigenvalue weighted by Crippen LogP contribution is -2.43. The van der Waals surface area contributed by atoms with E-state index in [0.717, 1.165) is 24.0 Å². The number of rotatable bonds is 7. The number of piperidine rings is 1. The lowest BCUT2D eigenvalue weighted by Gasteiger charge is -2.33. The maximum atomic E-state index is 12.9. The molecule has 1 unspecified atom stereocenters. The quantitative estimate of drug-likeness (QED) is 0.709. The van der Waals surface area contributed by atoms with E-state index >= 15 is 0 Å². The summed E-state index contributed by atoms with van der Waals surface area (Å²) in [6, 6.07) is 7.56. The van der Waals surface area contributed by atoms with Crippen molar-refractivity contribution in [3.63, 3.8) is 0 Å². The molecular weight excluding hydrogens is 394 g/mol. The van der Waals surface area contributed by atoms with Crippen LogP contribution in [0.1, 0.15) is 53.7 Å². The zero-order valence-electron chi connectivity index (χ0n) is 18.4. The predicted molar refractivity (Wildman–Crippen MR) is 117 cm³/mol. The Morgan fingerprint density at radius 2 is 1.84 bits per heavy atom. The maximum Gasteiger partial charge on any atom is 0.254 e. The van der Waals surface area contributed by atoms with Gasteiger partial charge in [-0.25, -0.2) is 0 Å². The van der Waals surface area contributed by atoms with Gasteiger partial charge in [0.2, 0.25) is 11.8 Å². The standard InChI is InChI=1S/C23H31N5O3/c1-16-4-6-19(7-5-16)21(26-17(2)29)12-22(30)28-10-8-18(9-11-28)13-24-23(31)20-14-25-27(3)15-20/h4-7,14-15,18,21H,8-13H2,1-3H3,(H,24,31)(H,26,29). The van der Waals surface area contributed by atoms with Crippen molar-refractivity contribution in [2.45, 2.75) is 39.2 Å². The summed E-state index contributed by atoms with van der Waals surface area (Å²) in [5.74, 6) is 0.106. The fourth-order valence-corrected chi connectivity index (χ4v) is 3.86. The van der Waals surface area contributed by atoms with Gasteiger partial charge in [-0.05, 0) is 31.2 Å². The minimum absolute atomic E-state index is 0.0390. The molecule has 1 aliphatic heterocycles. The van der Waals surface area contributed by atoms with E-state index in [0.29, 0.717) is 31.1 Å². The molecule has 3 rings (SSSR count). The van der Waals surface area contributed by atoms with E-state index in [-0.39, 0.29) is 30.2 Å². The molecule has 1 aromatic carbocycles. The first-order valence-electron chi connectivity index (χ1n) is 10.7. The van der Waals surface area contributed by atoms with E-state index in [2.05, 4.69) is 15.7 Å². The topological polar surface area (TPSA) is 96.3 Å². The number of aryl methyl sites for hydroxylation is 2. The molecule has 0 aliphatic carbocycles. The molecule has 2 heterocycles. The number of benzene rings is 1. The zero-order chi connectivity index (χ0) is 22.4. The number of hydrogen-bond acceptors (Lipinski definition) is 4. The van der Waals surface area contributed by atoms with Crippen LogP contribution in [0.5, 0.6) is 0 Å². The van der Waals surface area contributed by atoms with Gasteiger partial charge in [0.15, 0.2) is 0 Å². The van der Waals surface area contributed by atoms with Crippen molar-refractivity contribution in [2.24, 2.45) is 13.0 Å². The first-order chi connectivity index (χ1) is 14.8. The Bertz CT molecular complexity index is 914. The Balaban J connectivity index is 1.48. The molecule has 3 amide bonds. The second kappa shape index (κ2) is 10.2. The van der Waals surface area contributed by atoms with Crippen LogP contribution < -0.4 is 10.6 Å². The van der Waals surface area contributed by atoms with E-state index < -0.39 is 0 Å². The van der Waals surface area contributed by atoms with E-state index in [1.165, 1.54) is 6.92 Å². The minimum Gasteiger partial charge on any atom is -0.352 e. The molecule has 166 valence electrons. The van der Waals surface area contributed by atoms with Gasteiger partial charge in [0.1, 0.15) is 0 Å². The average molecular weight is 426 g/mol. The van der Waals surface area contributed by atoms with E-state index in [1.54, 1.807) is 24.1 Å². The summed E-state index contributed by atoms with van der Waals surface area (Å²) in [5.41, 5.74) is 2.62. The average Bonchev–Trinajstić information content (AvgIpc) is 3.18. The van der Waals surface area contributed by atoms with Crippen LogP contribution in [0.4, 0.5) is 0 Å². The maximum absolute atomic E-state index is 12.9. The van der Waals surface area contributed by atoms with Gasteiger partial charge in [-0.2, -0.15) is 5.10 Å². The highest BCUT2D eigenvalue weighted by molar-refractivity contribution is 5.93. The predicted octanol–water partition coefficient (Wildman–Crippen LogP) is 1.96. The molecule has 1 fully saturated rings. The Labute approximate surface area is 183 Å². The summed E-state index contributed by atoms with van der Waals surface area (Å²) in [6.07, 6.45) is 5.17. The van der Waals surface area contributed by atoms with Crippen LogP contribution in [0.15, 0.2) is 36.7 Å². The summed E-state index contributed by atoms with van der Waals surface area (Å²) in [6.45, 7) is 5.39. The fourth-order valence-electron chi connectivity index (χ4n) is 3.86. The Hall–Kier alpha value is -3.16. The van der Waals surface area contributed by atoms with Crippen LogP contribution >= 0.6 is 0 Å². The molecule has 0 spiro atoms. The third kappa shape index (κ3) is 6.41. The van der Waals surface area contributed by atoms with Crippen molar-refractivity contribution >= 4 is 17.7 Å². The second-order valence-electron chi connectivity index (χ2n) is 8.30. The molecule has 2 N–H and O–H groups in total. The molecule has 1 aromatic heterocycles. The summed E-state index contributed by atoms with van der Waals surface area (Å²) in [5, 5.41) is 9.88. The van der Waals surface area contributed by atoms with Gasteiger partial charge < -0.3 is 15.5 Å². The lowest BCUT2D eigenvalue weighted by molar-refractivity contribution is -0.133. The summed E-state index contributed by atoms with van der Waals surface area (Å²) >= 11 is 0. The molecule has 0 radical (unpaired) electrons. The van der Waals surface area contributed by atoms with Gasteiger partial charge in [-0.15, -0.1) is 0 Å². The van der Waals surface area contributed by atoms with Gasteiger partial charge in [-0.1, -0.05) is 29.8 Å². The number of aromatic nitrogens is 2. The van der Waals surface area contributed by atoms with Crippen molar-refractivity contribution in [1.29, 1.82) is 0 Å². The smallest absolute Gasteiger partial charge is 0.254 e. The number of carbonyl (C=O) groups excluding carboxylic acids is 3. The first-order valence-corrected chi connectivity index (χ1v) is 10.7. The van der Waals surface area contributed by atoms with Crippen LogP contribution in [-0.2, 0) is 16.6 Å². The number of nitrogens with one attached hydrogen (secondary N) is 2. The fraction of sp³-hybridized carbons (Fsp3) is 0.478. The first kappa shape index (κ1) is 22.5. The second-order valence-corrected chi connectivity index (χ2v) is 8.30. The van der Waals surface area contributed by atoms with Crippen molar-refractivity contribution in [2.75, 3.05) is 19.6 Å². The highest BCUT2D eigenvalue weighted by Crippen LogP contribution is 2.22. The molecule has 1 saturated heterocycles. The van der Waals surface area contributed by atoms with Crippen molar-refractivity contribution in [3.05, 3.63) is 53.3 Å². The molecule has 0 bridgehead atoms. The molecule has 8 heteroatoms. The zero-order valence-corrected chi connectivity index (χ0v) is 18.4. The van der Waals surface area contributed by atoms with Crippen LogP contribution in [0, 0.1) is 12.8 Å². The van der Waals surface area contributed by atoms with Crippen LogP contribution in [0.25, 0.3) is 0 Å². The van der Waals surface area contributed by atoms with Crippen molar-refractivity contribution in [1.82, 2.24) is 25.3 Å². The third-order valence-corrected chi connectivity index (χ3v) is 5.72. The number of hydrogen-bond donors (Lipinski definition) is 2. The number of nitrogens with zero attached hydrogens (tertiary/aromatic N) is 3. The molecule has 8 nitrogen and oxygen atoms in total. The molecule has 2 aromatic rings. The highest BCUT2D eigenvalue weighted by atomic mass is 16.2. The Morgan fingerprint density at radius 3 is 2.42 bits per heavy atom. The molecule has 0 saturated carbocycles. The number of likely N-dealkylation sites (tertiary alicyclic amines) is 1. The van der Waals surface area contributed by atoms with Crippen molar-refractivity contribution in [3.8, 4) is 0 Å². The number of carbonyl (C=O) groups is 3. The van der Waals surface area contributed by atoms with Gasteiger partial charge in [0.25, 0.3) is 5.91 Å². The van der Waals surface area contributed by atoms with E-state index in [1.807, 2.05) is 36.1 Å². The SMILES string of the molecule is CC(=O)NC(CC(=O)N1CCC(CNC(=O)c2cnn(C)c2)CC1)c1ccc(C)cc1. The van der Waals surface area contributed by atoms with Crippen LogP contribution in [0.2, 0.25) is 0 Å². The van der Waals surface area contributed by atoms with E-state index in [9.17, 15) is 14.4 Å². The van der Waals surface area contributed by atoms with E-state index in [4.69, 9.17) is 0 Å². The Morgan fingerprint density at radius 1 is 1.16 bits per heavy atom. The Kier molecular flexibility index (Phi) is 7.44. The number of amides is 3. The minimum atomic E-state index is -0.331. The molecule has 1 aliphatic rings. The summed E-state index contributed by atoms with van der Waals surface area (Å²) < 4.78 is 1.60. The van der Waals surface area contributed by atoms with Crippen molar-refractivity contribution < 1.29 is 14.4 Å². The molecule has 1 atom stereocenters. The monoisotopic (exact) mass is 425 g/mol. The van der Waals surface area contributed by atoms with Gasteiger partial charge in [0, 0.05) is 39.8 Å². The lowest BCUT2D eigenvalue weighted by atomic mass is 9.95. The summed E-state index contributed by atoms with van der Waals surface area (Å²) in [4.78, 5) is 38.6. The third-order valence-electron chi connectivity index (χ3n) is 5.72. The highest BCUT2D eigenvalue weighted by Gasteiger charge is 2.26. The molecule has 31 heavy (non-hydrogen) atoms. The van der Waals surface area contributed by atoms with Gasteiger partial charge in [0.05, 0.1) is 24.2 Å². The van der Waals surface area contributed by atoms with Crippen LogP contribution in [-0.4, -0.2) is 52.0 Å². The van der Waals surface area contributed by atoms with Crippen LogP contribution in [0.3, 0.4) is 0 Å². The normalized spacial score (nSPS) is 15.4. The summed E-state index contributed by atoms with van der Waals surface area (Å²) in [7, 11) is 1.78. The largest absolute Gasteiger partial charge is 0.352 e.